The lowest BCUT2D eigenvalue weighted by atomic mass is 9.48. The van der Waals surface area contributed by atoms with Gasteiger partial charge in [-0.05, 0) is 86.0 Å². The average Bonchev–Trinajstić information content (AvgIpc) is 3.08. The largest absolute Gasteiger partial charge is 0.508 e. The Morgan fingerprint density at radius 3 is 2.44 bits per heavy atom. The van der Waals surface area contributed by atoms with Crippen molar-refractivity contribution in [3.63, 3.8) is 0 Å². The van der Waals surface area contributed by atoms with Gasteiger partial charge in [-0.25, -0.2) is 9.78 Å². The summed E-state index contributed by atoms with van der Waals surface area (Å²) in [6, 6.07) is 5.88. The highest BCUT2D eigenvalue weighted by atomic mass is 32.1. The third kappa shape index (κ3) is 2.98. The summed E-state index contributed by atoms with van der Waals surface area (Å²) in [5.41, 5.74) is 2.26. The van der Waals surface area contributed by atoms with Crippen molar-refractivity contribution < 1.29 is 15.0 Å². The highest BCUT2D eigenvalue weighted by Crippen LogP contribution is 2.62. The van der Waals surface area contributed by atoms with Crippen molar-refractivity contribution >= 4 is 23.4 Å². The summed E-state index contributed by atoms with van der Waals surface area (Å²) in [5.74, 6) is 1.94. The molecule has 0 atom stereocenters. The van der Waals surface area contributed by atoms with Crippen LogP contribution in [-0.4, -0.2) is 21.2 Å². The molecule has 2 N–H and O–H groups in total. The van der Waals surface area contributed by atoms with Gasteiger partial charge in [-0.1, -0.05) is 0 Å². The zero-order chi connectivity index (χ0) is 18.6. The number of aromatic hydroxyl groups is 1. The van der Waals surface area contributed by atoms with Crippen LogP contribution in [0.5, 0.6) is 5.75 Å². The summed E-state index contributed by atoms with van der Waals surface area (Å²) < 4.78 is 0. The van der Waals surface area contributed by atoms with Gasteiger partial charge in [0.25, 0.3) is 0 Å². The molecule has 4 fully saturated rings. The van der Waals surface area contributed by atoms with Crippen molar-refractivity contribution in [1.82, 2.24) is 4.98 Å². The van der Waals surface area contributed by atoms with Crippen LogP contribution < -0.4 is 0 Å². The standard InChI is InChI=1S/C22H23NO3S/c24-19-3-1-16(21-23-12-17(27-21)2-4-20(25)26)8-18(19)22-9-13-5-14(10-22)7-15(6-13)11-22/h1-4,8,12-15,24H,5-7,9-11H2,(H,25,26)/b4-2+. The summed E-state index contributed by atoms with van der Waals surface area (Å²) in [6.45, 7) is 0. The smallest absolute Gasteiger partial charge is 0.328 e. The second kappa shape index (κ2) is 6.20. The van der Waals surface area contributed by atoms with Crippen LogP contribution in [0.3, 0.4) is 0 Å². The molecule has 0 spiro atoms. The molecule has 1 aromatic carbocycles. The summed E-state index contributed by atoms with van der Waals surface area (Å²) in [6.07, 6.45) is 12.2. The number of phenolic OH excluding ortho intramolecular Hbond substituents is 1. The summed E-state index contributed by atoms with van der Waals surface area (Å²) in [7, 11) is 0. The van der Waals surface area contributed by atoms with E-state index in [1.165, 1.54) is 49.9 Å². The monoisotopic (exact) mass is 381 g/mol. The number of hydrogen-bond donors (Lipinski definition) is 2. The van der Waals surface area contributed by atoms with Gasteiger partial charge in [-0.3, -0.25) is 0 Å². The Balaban J connectivity index is 1.50. The van der Waals surface area contributed by atoms with E-state index < -0.39 is 5.97 Å². The molecule has 1 aromatic heterocycles. The number of aromatic nitrogens is 1. The Bertz CT molecular complexity index is 894. The fraction of sp³-hybridized carbons (Fsp3) is 0.455. The van der Waals surface area contributed by atoms with E-state index >= 15 is 0 Å². The number of nitrogens with zero attached hydrogens (tertiary/aromatic N) is 1. The zero-order valence-corrected chi connectivity index (χ0v) is 15.9. The maximum Gasteiger partial charge on any atom is 0.328 e. The van der Waals surface area contributed by atoms with Gasteiger partial charge >= 0.3 is 5.97 Å². The number of thiazole rings is 1. The number of aliphatic carboxylic acids is 1. The molecule has 0 amide bonds. The maximum atomic E-state index is 10.7. The third-order valence-corrected chi connectivity index (χ3v) is 7.78. The molecular weight excluding hydrogens is 358 g/mol. The molecule has 0 aliphatic heterocycles. The van der Waals surface area contributed by atoms with Gasteiger partial charge in [-0.2, -0.15) is 0 Å². The van der Waals surface area contributed by atoms with Gasteiger partial charge in [-0.15, -0.1) is 11.3 Å². The van der Waals surface area contributed by atoms with Crippen LogP contribution in [0.2, 0.25) is 0 Å². The van der Waals surface area contributed by atoms with Crippen molar-refractivity contribution in [3.05, 3.63) is 40.9 Å². The van der Waals surface area contributed by atoms with Gasteiger partial charge in [0.15, 0.2) is 0 Å². The van der Waals surface area contributed by atoms with Crippen LogP contribution in [0.4, 0.5) is 0 Å². The number of rotatable bonds is 4. The number of carbonyl (C=O) groups is 1. The lowest BCUT2D eigenvalue weighted by molar-refractivity contribution is -0.131. The molecule has 140 valence electrons. The first-order chi connectivity index (χ1) is 13.0. The molecule has 4 saturated carbocycles. The topological polar surface area (TPSA) is 70.4 Å². The first-order valence-electron chi connectivity index (χ1n) is 9.71. The van der Waals surface area contributed by atoms with E-state index in [0.717, 1.165) is 44.8 Å². The zero-order valence-electron chi connectivity index (χ0n) is 15.1. The number of carboxylic acid groups (broad SMARTS) is 1. The van der Waals surface area contributed by atoms with E-state index in [1.54, 1.807) is 12.3 Å². The lowest BCUT2D eigenvalue weighted by Gasteiger charge is -2.57. The van der Waals surface area contributed by atoms with E-state index in [0.29, 0.717) is 5.75 Å². The number of benzene rings is 1. The molecule has 4 bridgehead atoms. The predicted octanol–water partition coefficient (Wildman–Crippen LogP) is 5.08. The van der Waals surface area contributed by atoms with Crippen molar-refractivity contribution in [2.24, 2.45) is 17.8 Å². The molecule has 1 heterocycles. The molecule has 27 heavy (non-hydrogen) atoms. The molecule has 4 nitrogen and oxygen atoms in total. The maximum absolute atomic E-state index is 10.7. The van der Waals surface area contributed by atoms with Crippen LogP contribution in [0.25, 0.3) is 16.6 Å². The van der Waals surface area contributed by atoms with Gasteiger partial charge in [0, 0.05) is 28.3 Å². The van der Waals surface area contributed by atoms with Crippen LogP contribution in [-0.2, 0) is 10.2 Å². The van der Waals surface area contributed by atoms with Crippen LogP contribution in [0, 0.1) is 17.8 Å². The second-order valence-electron chi connectivity index (χ2n) is 8.67. The van der Waals surface area contributed by atoms with Gasteiger partial charge < -0.3 is 10.2 Å². The van der Waals surface area contributed by atoms with E-state index in [-0.39, 0.29) is 5.41 Å². The van der Waals surface area contributed by atoms with Gasteiger partial charge in [0.05, 0.1) is 0 Å². The fourth-order valence-electron chi connectivity index (χ4n) is 6.18. The van der Waals surface area contributed by atoms with Crippen molar-refractivity contribution in [3.8, 4) is 16.3 Å². The minimum absolute atomic E-state index is 0.137. The Morgan fingerprint density at radius 1 is 1.15 bits per heavy atom. The highest BCUT2D eigenvalue weighted by Gasteiger charge is 2.52. The Kier molecular flexibility index (Phi) is 3.90. The molecule has 4 aliphatic carbocycles. The number of phenols is 1. The van der Waals surface area contributed by atoms with Crippen molar-refractivity contribution in [2.45, 2.75) is 43.9 Å². The minimum Gasteiger partial charge on any atom is -0.508 e. The van der Waals surface area contributed by atoms with E-state index in [9.17, 15) is 9.90 Å². The van der Waals surface area contributed by atoms with E-state index in [2.05, 4.69) is 11.1 Å². The first kappa shape index (κ1) is 17.0. The van der Waals surface area contributed by atoms with E-state index in [4.69, 9.17) is 5.11 Å². The van der Waals surface area contributed by atoms with Crippen LogP contribution >= 0.6 is 11.3 Å². The first-order valence-corrected chi connectivity index (χ1v) is 10.5. The molecule has 0 unspecified atom stereocenters. The molecular formula is C22H23NO3S. The molecule has 4 aliphatic rings. The van der Waals surface area contributed by atoms with Crippen molar-refractivity contribution in [1.29, 1.82) is 0 Å². The van der Waals surface area contributed by atoms with Crippen LogP contribution in [0.1, 0.15) is 49.0 Å². The Hall–Kier alpha value is -2.14. The quantitative estimate of drug-likeness (QED) is 0.725. The molecule has 0 radical (unpaired) electrons. The lowest BCUT2D eigenvalue weighted by Crippen LogP contribution is -2.48. The number of hydrogen-bond acceptors (Lipinski definition) is 4. The minimum atomic E-state index is -0.960. The second-order valence-corrected chi connectivity index (χ2v) is 9.73. The fourth-order valence-corrected chi connectivity index (χ4v) is 7.00. The van der Waals surface area contributed by atoms with Gasteiger partial charge in [0.1, 0.15) is 10.8 Å². The molecule has 6 rings (SSSR count). The number of carboxylic acids is 1. The SMILES string of the molecule is O=C(O)/C=C/c1cnc(-c2ccc(O)c(C34CC5CC(CC(C5)C3)C4)c2)s1. The van der Waals surface area contributed by atoms with Crippen LogP contribution in [0.15, 0.2) is 30.5 Å². The molecule has 2 aromatic rings. The molecule has 0 saturated heterocycles. The average molecular weight is 381 g/mol. The van der Waals surface area contributed by atoms with E-state index in [1.807, 2.05) is 12.1 Å². The highest BCUT2D eigenvalue weighted by molar-refractivity contribution is 7.15. The Labute approximate surface area is 162 Å². The third-order valence-electron chi connectivity index (χ3n) is 6.77. The summed E-state index contributed by atoms with van der Waals surface area (Å²) in [4.78, 5) is 16.0. The molecule has 5 heteroatoms. The predicted molar refractivity (Wildman–Crippen MR) is 106 cm³/mol. The summed E-state index contributed by atoms with van der Waals surface area (Å²) >= 11 is 1.48. The van der Waals surface area contributed by atoms with Gasteiger partial charge in [0.2, 0.25) is 0 Å². The van der Waals surface area contributed by atoms with Crippen molar-refractivity contribution in [2.75, 3.05) is 0 Å². The summed E-state index contributed by atoms with van der Waals surface area (Å²) in [5, 5.41) is 20.4. The normalized spacial score (nSPS) is 31.6. The Morgan fingerprint density at radius 2 is 1.81 bits per heavy atom.